The average molecular weight is 288 g/mol. The van der Waals surface area contributed by atoms with Crippen molar-refractivity contribution in [1.82, 2.24) is 10.6 Å². The number of rotatable bonds is 7. The van der Waals surface area contributed by atoms with E-state index in [-0.39, 0.29) is 12.3 Å². The summed E-state index contributed by atoms with van der Waals surface area (Å²) in [5, 5.41) is 22.9. The van der Waals surface area contributed by atoms with Gasteiger partial charge in [-0.15, -0.1) is 0 Å². The fourth-order valence-electron chi connectivity index (χ4n) is 1.35. The Labute approximate surface area is 118 Å². The van der Waals surface area contributed by atoms with Gasteiger partial charge in [0.1, 0.15) is 0 Å². The number of aliphatic hydroxyl groups excluding tert-OH is 1. The number of carboxylic acids is 1. The lowest BCUT2D eigenvalue weighted by atomic mass is 9.96. The number of hydrogen-bond acceptors (Lipinski definition) is 4. The molecule has 0 heterocycles. The predicted molar refractivity (Wildman–Crippen MR) is 72.9 cm³/mol. The predicted octanol–water partition coefficient (Wildman–Crippen LogP) is -0.121. The van der Waals surface area contributed by atoms with E-state index in [0.717, 1.165) is 0 Å². The monoisotopic (exact) mass is 288 g/mol. The summed E-state index contributed by atoms with van der Waals surface area (Å²) in [4.78, 5) is 33.8. The molecule has 0 bridgehead atoms. The van der Waals surface area contributed by atoms with Crippen LogP contribution in [-0.2, 0) is 14.4 Å². The normalized spacial score (nSPS) is 14.2. The number of aliphatic hydroxyl groups is 1. The van der Waals surface area contributed by atoms with E-state index in [1.165, 1.54) is 6.92 Å². The first-order valence-electron chi connectivity index (χ1n) is 6.54. The van der Waals surface area contributed by atoms with Gasteiger partial charge < -0.3 is 20.8 Å². The van der Waals surface area contributed by atoms with Crippen LogP contribution in [0, 0.1) is 5.41 Å². The summed E-state index contributed by atoms with van der Waals surface area (Å²) < 4.78 is 0. The molecule has 0 spiro atoms. The zero-order chi connectivity index (χ0) is 15.9. The van der Waals surface area contributed by atoms with E-state index in [2.05, 4.69) is 10.6 Å². The molecule has 2 amide bonds. The Kier molecular flexibility index (Phi) is 7.20. The quantitative estimate of drug-likeness (QED) is 0.487. The number of nitrogens with one attached hydrogen (secondary N) is 2. The molecule has 0 saturated carbocycles. The Balaban J connectivity index is 4.01. The van der Waals surface area contributed by atoms with Gasteiger partial charge in [0.25, 0.3) is 0 Å². The van der Waals surface area contributed by atoms with Crippen molar-refractivity contribution >= 4 is 17.8 Å². The van der Waals surface area contributed by atoms with Crippen LogP contribution in [-0.4, -0.2) is 46.7 Å². The van der Waals surface area contributed by atoms with Gasteiger partial charge in [0, 0.05) is 18.4 Å². The summed E-state index contributed by atoms with van der Waals surface area (Å²) in [6.07, 6.45) is -0.683. The molecule has 7 nitrogen and oxygen atoms in total. The first-order valence-corrected chi connectivity index (χ1v) is 6.54. The van der Waals surface area contributed by atoms with Crippen LogP contribution < -0.4 is 10.6 Å². The molecule has 0 aliphatic heterocycles. The minimum Gasteiger partial charge on any atom is -0.480 e. The molecule has 4 N–H and O–H groups in total. The molecule has 0 aliphatic rings. The van der Waals surface area contributed by atoms with Crippen molar-refractivity contribution in [3.05, 3.63) is 0 Å². The highest BCUT2D eigenvalue weighted by Gasteiger charge is 2.24. The molecular formula is C13H24N2O5. The minimum absolute atomic E-state index is 0.0842. The average Bonchev–Trinajstić information content (AvgIpc) is 2.29. The van der Waals surface area contributed by atoms with Crippen LogP contribution in [0.1, 0.15) is 40.5 Å². The molecule has 0 aliphatic carbocycles. The summed E-state index contributed by atoms with van der Waals surface area (Å²) in [5.74, 6) is -1.86. The maximum atomic E-state index is 11.5. The molecule has 20 heavy (non-hydrogen) atoms. The summed E-state index contributed by atoms with van der Waals surface area (Å²) in [6.45, 7) is 7.00. The van der Waals surface area contributed by atoms with Crippen LogP contribution in [0.2, 0.25) is 0 Å². The molecule has 2 atom stereocenters. The van der Waals surface area contributed by atoms with E-state index < -0.39 is 29.4 Å². The van der Waals surface area contributed by atoms with Gasteiger partial charge in [-0.05, 0) is 13.3 Å². The first kappa shape index (κ1) is 18.4. The van der Waals surface area contributed by atoms with Crippen molar-refractivity contribution in [3.8, 4) is 0 Å². The van der Waals surface area contributed by atoms with Gasteiger partial charge in [-0.1, -0.05) is 20.8 Å². The minimum atomic E-state index is -1.31. The maximum absolute atomic E-state index is 11.5. The zero-order valence-electron chi connectivity index (χ0n) is 12.4. The van der Waals surface area contributed by atoms with Gasteiger partial charge >= 0.3 is 5.97 Å². The number of carbonyl (C=O) groups is 3. The van der Waals surface area contributed by atoms with Gasteiger partial charge in [-0.3, -0.25) is 9.59 Å². The highest BCUT2D eigenvalue weighted by Crippen LogP contribution is 2.12. The maximum Gasteiger partial charge on any atom is 0.328 e. The van der Waals surface area contributed by atoms with Crippen LogP contribution in [0.5, 0.6) is 0 Å². The summed E-state index contributed by atoms with van der Waals surface area (Å²) in [6, 6.07) is -1.31. The van der Waals surface area contributed by atoms with Gasteiger partial charge in [-0.2, -0.15) is 0 Å². The molecule has 7 heteroatoms. The lowest BCUT2D eigenvalue weighted by Gasteiger charge is -2.18. The van der Waals surface area contributed by atoms with Crippen molar-refractivity contribution in [1.29, 1.82) is 0 Å². The number of aliphatic carboxylic acids is 1. The van der Waals surface area contributed by atoms with Crippen molar-refractivity contribution in [2.75, 3.05) is 6.54 Å². The van der Waals surface area contributed by atoms with Crippen molar-refractivity contribution in [2.45, 2.75) is 52.7 Å². The smallest absolute Gasteiger partial charge is 0.328 e. The fourth-order valence-corrected chi connectivity index (χ4v) is 1.35. The molecule has 0 radical (unpaired) electrons. The second-order valence-corrected chi connectivity index (χ2v) is 5.73. The van der Waals surface area contributed by atoms with Gasteiger partial charge in [-0.25, -0.2) is 4.79 Å². The van der Waals surface area contributed by atoms with Crippen LogP contribution in [0.25, 0.3) is 0 Å². The molecular weight excluding hydrogens is 264 g/mol. The Morgan fingerprint density at radius 2 is 1.75 bits per heavy atom. The third kappa shape index (κ3) is 7.08. The molecule has 0 aromatic rings. The van der Waals surface area contributed by atoms with Crippen molar-refractivity contribution in [3.63, 3.8) is 0 Å². The Hall–Kier alpha value is -1.63. The van der Waals surface area contributed by atoms with E-state index in [9.17, 15) is 19.5 Å². The number of hydrogen-bond donors (Lipinski definition) is 4. The molecule has 0 aromatic heterocycles. The molecule has 0 aromatic carbocycles. The zero-order valence-corrected chi connectivity index (χ0v) is 12.4. The highest BCUT2D eigenvalue weighted by molar-refractivity contribution is 5.84. The van der Waals surface area contributed by atoms with E-state index >= 15 is 0 Å². The van der Waals surface area contributed by atoms with E-state index in [1.54, 1.807) is 20.8 Å². The SMILES string of the molecule is C[C@@H](O)[C@H](NC(=O)CCCNC(=O)C(C)(C)C)C(=O)O. The lowest BCUT2D eigenvalue weighted by molar-refractivity contribution is -0.144. The Bertz CT molecular complexity index is 360. The largest absolute Gasteiger partial charge is 0.480 e. The Morgan fingerprint density at radius 1 is 1.20 bits per heavy atom. The highest BCUT2D eigenvalue weighted by atomic mass is 16.4. The topological polar surface area (TPSA) is 116 Å². The summed E-state index contributed by atoms with van der Waals surface area (Å²) in [5.41, 5.74) is -0.483. The van der Waals surface area contributed by atoms with Crippen molar-refractivity contribution in [2.24, 2.45) is 5.41 Å². The third-order valence-electron chi connectivity index (χ3n) is 2.61. The lowest BCUT2D eigenvalue weighted by Crippen LogP contribution is -2.47. The summed E-state index contributed by atoms with van der Waals surface area (Å²) >= 11 is 0. The molecule has 0 saturated heterocycles. The molecule has 0 unspecified atom stereocenters. The first-order chi connectivity index (χ1) is 9.05. The van der Waals surface area contributed by atoms with Gasteiger partial charge in [0.15, 0.2) is 6.04 Å². The number of amides is 2. The second kappa shape index (κ2) is 7.84. The van der Waals surface area contributed by atoms with Crippen LogP contribution in [0.15, 0.2) is 0 Å². The van der Waals surface area contributed by atoms with E-state index in [0.29, 0.717) is 13.0 Å². The van der Waals surface area contributed by atoms with Crippen LogP contribution in [0.4, 0.5) is 0 Å². The molecule has 0 fully saturated rings. The Morgan fingerprint density at radius 3 is 2.15 bits per heavy atom. The number of carboxylic acid groups (broad SMARTS) is 1. The standard InChI is InChI=1S/C13H24N2O5/c1-8(16)10(11(18)19)15-9(17)6-5-7-14-12(20)13(2,3)4/h8,10,16H,5-7H2,1-4H3,(H,14,20)(H,15,17)(H,18,19)/t8-,10+/m1/s1. The van der Waals surface area contributed by atoms with Gasteiger partial charge in [0.05, 0.1) is 6.10 Å². The number of carbonyl (C=O) groups excluding carboxylic acids is 2. The van der Waals surface area contributed by atoms with Crippen LogP contribution in [0.3, 0.4) is 0 Å². The second-order valence-electron chi connectivity index (χ2n) is 5.73. The third-order valence-corrected chi connectivity index (χ3v) is 2.61. The van der Waals surface area contributed by atoms with Crippen molar-refractivity contribution < 1.29 is 24.6 Å². The molecule has 116 valence electrons. The fraction of sp³-hybridized carbons (Fsp3) is 0.769. The summed E-state index contributed by atoms with van der Waals surface area (Å²) in [7, 11) is 0. The van der Waals surface area contributed by atoms with E-state index in [4.69, 9.17) is 5.11 Å². The van der Waals surface area contributed by atoms with E-state index in [1.807, 2.05) is 0 Å². The van der Waals surface area contributed by atoms with Crippen LogP contribution >= 0.6 is 0 Å². The van der Waals surface area contributed by atoms with Gasteiger partial charge in [0.2, 0.25) is 11.8 Å². The molecule has 0 rings (SSSR count).